The first-order valence-corrected chi connectivity index (χ1v) is 8.92. The number of hydrogen-bond acceptors (Lipinski definition) is 1. The molecule has 0 aliphatic carbocycles. The largest absolute Gasteiger partial charge is 0.361 e. The molecular formula is C22H26N2O. The highest BCUT2D eigenvalue weighted by Gasteiger charge is 2.26. The zero-order valence-electron chi connectivity index (χ0n) is 15.2. The Morgan fingerprint density at radius 3 is 2.48 bits per heavy atom. The Labute approximate surface area is 149 Å². The van der Waals surface area contributed by atoms with Gasteiger partial charge in [-0.25, -0.2) is 0 Å². The minimum absolute atomic E-state index is 0.107. The third-order valence-corrected chi connectivity index (χ3v) is 5.16. The van der Waals surface area contributed by atoms with E-state index >= 15 is 0 Å². The van der Waals surface area contributed by atoms with E-state index < -0.39 is 0 Å². The molecule has 0 aliphatic rings. The van der Waals surface area contributed by atoms with E-state index in [1.54, 1.807) is 0 Å². The van der Waals surface area contributed by atoms with E-state index in [0.29, 0.717) is 6.54 Å². The lowest BCUT2D eigenvalue weighted by Gasteiger charge is -2.24. The van der Waals surface area contributed by atoms with Crippen LogP contribution in [0.3, 0.4) is 0 Å². The zero-order valence-corrected chi connectivity index (χ0v) is 15.2. The van der Waals surface area contributed by atoms with Gasteiger partial charge >= 0.3 is 0 Å². The number of H-pyrrole nitrogens is 1. The van der Waals surface area contributed by atoms with Crippen LogP contribution in [0.5, 0.6) is 0 Å². The molecular weight excluding hydrogens is 308 g/mol. The molecule has 2 aromatic carbocycles. The quantitative estimate of drug-likeness (QED) is 0.665. The Balaban J connectivity index is 1.93. The highest BCUT2D eigenvalue weighted by Crippen LogP contribution is 2.31. The lowest BCUT2D eigenvalue weighted by molar-refractivity contribution is -0.129. The zero-order chi connectivity index (χ0) is 17.9. The molecule has 1 aromatic heterocycles. The van der Waals surface area contributed by atoms with Crippen molar-refractivity contribution in [1.29, 1.82) is 0 Å². The maximum atomic E-state index is 12.5. The normalized spacial score (nSPS) is 12.9. The topological polar surface area (TPSA) is 44.9 Å². The molecule has 3 nitrogen and oxygen atoms in total. The maximum absolute atomic E-state index is 12.5. The minimum atomic E-state index is -0.346. The van der Waals surface area contributed by atoms with E-state index in [4.69, 9.17) is 0 Å². The third kappa shape index (κ3) is 3.60. The number of nitrogens with one attached hydrogen (secondary N) is 2. The SMILES string of the molecule is CCC(C)(C)C(=O)NCC(c1ccccc1)c1c[nH]c2ccccc12. The van der Waals surface area contributed by atoms with E-state index in [1.165, 1.54) is 16.5 Å². The van der Waals surface area contributed by atoms with Gasteiger partial charge in [0.2, 0.25) is 5.91 Å². The summed E-state index contributed by atoms with van der Waals surface area (Å²) in [5.74, 6) is 0.227. The van der Waals surface area contributed by atoms with E-state index in [-0.39, 0.29) is 17.2 Å². The molecule has 0 aliphatic heterocycles. The molecule has 0 saturated carbocycles. The van der Waals surface area contributed by atoms with Crippen molar-refractivity contribution in [3.05, 3.63) is 71.9 Å². The number of benzene rings is 2. The molecule has 0 spiro atoms. The molecule has 2 N–H and O–H groups in total. The van der Waals surface area contributed by atoms with Gasteiger partial charge in [-0.3, -0.25) is 4.79 Å². The van der Waals surface area contributed by atoms with E-state index in [1.807, 2.05) is 32.9 Å². The molecule has 1 amide bonds. The second-order valence-corrected chi connectivity index (χ2v) is 7.20. The molecule has 1 unspecified atom stereocenters. The van der Waals surface area contributed by atoms with Crippen LogP contribution in [0.25, 0.3) is 10.9 Å². The van der Waals surface area contributed by atoms with Crippen LogP contribution < -0.4 is 5.32 Å². The Kier molecular flexibility index (Phi) is 4.93. The fraction of sp³-hybridized carbons (Fsp3) is 0.318. The first kappa shape index (κ1) is 17.3. The lowest BCUT2D eigenvalue weighted by atomic mass is 9.87. The number of rotatable bonds is 6. The fourth-order valence-corrected chi connectivity index (χ4v) is 3.07. The molecule has 0 fully saturated rings. The van der Waals surface area contributed by atoms with Crippen LogP contribution in [0.1, 0.15) is 44.2 Å². The van der Waals surface area contributed by atoms with Crippen LogP contribution in [0, 0.1) is 5.41 Å². The summed E-state index contributed by atoms with van der Waals surface area (Å²) in [5, 5.41) is 4.38. The van der Waals surface area contributed by atoms with E-state index in [9.17, 15) is 4.79 Å². The number of carbonyl (C=O) groups is 1. The van der Waals surface area contributed by atoms with Crippen molar-refractivity contribution in [3.63, 3.8) is 0 Å². The first-order valence-electron chi connectivity index (χ1n) is 8.92. The van der Waals surface area contributed by atoms with Crippen molar-refractivity contribution >= 4 is 16.8 Å². The maximum Gasteiger partial charge on any atom is 0.225 e. The van der Waals surface area contributed by atoms with Gasteiger partial charge in [-0.1, -0.05) is 69.3 Å². The van der Waals surface area contributed by atoms with Crippen molar-refractivity contribution in [1.82, 2.24) is 10.3 Å². The molecule has 3 aromatic rings. The van der Waals surface area contributed by atoms with E-state index in [2.05, 4.69) is 59.0 Å². The van der Waals surface area contributed by atoms with Gasteiger partial charge in [0.25, 0.3) is 0 Å². The Bertz CT molecular complexity index is 849. The summed E-state index contributed by atoms with van der Waals surface area (Å²) in [5.41, 5.74) is 3.21. The second-order valence-electron chi connectivity index (χ2n) is 7.20. The summed E-state index contributed by atoms with van der Waals surface area (Å²) < 4.78 is 0. The predicted octanol–water partition coefficient (Wildman–Crippen LogP) is 4.85. The van der Waals surface area contributed by atoms with Gasteiger partial charge in [-0.05, 0) is 23.6 Å². The Hall–Kier alpha value is -2.55. The van der Waals surface area contributed by atoms with Gasteiger partial charge in [0, 0.05) is 35.0 Å². The van der Waals surface area contributed by atoms with Gasteiger partial charge in [0.1, 0.15) is 0 Å². The van der Waals surface area contributed by atoms with Gasteiger partial charge in [0.05, 0.1) is 0 Å². The van der Waals surface area contributed by atoms with Crippen molar-refractivity contribution < 1.29 is 4.79 Å². The minimum Gasteiger partial charge on any atom is -0.361 e. The number of carbonyl (C=O) groups excluding carboxylic acids is 1. The lowest BCUT2D eigenvalue weighted by Crippen LogP contribution is -2.38. The molecule has 3 rings (SSSR count). The number of fused-ring (bicyclic) bond motifs is 1. The fourth-order valence-electron chi connectivity index (χ4n) is 3.07. The average Bonchev–Trinajstić information content (AvgIpc) is 3.06. The highest BCUT2D eigenvalue weighted by atomic mass is 16.2. The standard InChI is InChI=1S/C22H26N2O/c1-4-22(2,3)21(25)24-14-18(16-10-6-5-7-11-16)19-15-23-20-13-9-8-12-17(19)20/h5-13,15,18,23H,4,14H2,1-3H3,(H,24,25). The van der Waals surface area contributed by atoms with Crippen LogP contribution in [0.2, 0.25) is 0 Å². The predicted molar refractivity (Wildman–Crippen MR) is 104 cm³/mol. The Morgan fingerprint density at radius 2 is 1.76 bits per heavy atom. The molecule has 1 heterocycles. The van der Waals surface area contributed by atoms with Gasteiger partial charge in [-0.15, -0.1) is 0 Å². The van der Waals surface area contributed by atoms with Crippen LogP contribution in [0.4, 0.5) is 0 Å². The van der Waals surface area contributed by atoms with Crippen LogP contribution >= 0.6 is 0 Å². The smallest absolute Gasteiger partial charge is 0.225 e. The molecule has 1 atom stereocenters. The molecule has 25 heavy (non-hydrogen) atoms. The summed E-state index contributed by atoms with van der Waals surface area (Å²) in [4.78, 5) is 15.9. The van der Waals surface area contributed by atoms with Gasteiger partial charge in [-0.2, -0.15) is 0 Å². The summed E-state index contributed by atoms with van der Waals surface area (Å²) in [6.07, 6.45) is 2.89. The number of hydrogen-bond donors (Lipinski definition) is 2. The number of aromatic nitrogens is 1. The third-order valence-electron chi connectivity index (χ3n) is 5.16. The van der Waals surface area contributed by atoms with Crippen molar-refractivity contribution in [2.75, 3.05) is 6.54 Å². The summed E-state index contributed by atoms with van der Waals surface area (Å²) in [7, 11) is 0. The summed E-state index contributed by atoms with van der Waals surface area (Å²) in [6.45, 7) is 6.62. The van der Waals surface area contributed by atoms with Gasteiger partial charge < -0.3 is 10.3 Å². The summed E-state index contributed by atoms with van der Waals surface area (Å²) >= 11 is 0. The van der Waals surface area contributed by atoms with Crippen LogP contribution in [-0.2, 0) is 4.79 Å². The van der Waals surface area contributed by atoms with Crippen LogP contribution in [0.15, 0.2) is 60.8 Å². The average molecular weight is 334 g/mol. The second kappa shape index (κ2) is 7.14. The number of aromatic amines is 1. The number of amides is 1. The van der Waals surface area contributed by atoms with Crippen molar-refractivity contribution in [3.8, 4) is 0 Å². The monoisotopic (exact) mass is 334 g/mol. The van der Waals surface area contributed by atoms with Gasteiger partial charge in [0.15, 0.2) is 0 Å². The first-order chi connectivity index (χ1) is 12.0. The number of para-hydroxylation sites is 1. The van der Waals surface area contributed by atoms with E-state index in [0.717, 1.165) is 11.9 Å². The summed E-state index contributed by atoms with van der Waals surface area (Å²) in [6, 6.07) is 18.7. The van der Waals surface area contributed by atoms with Crippen LogP contribution in [-0.4, -0.2) is 17.4 Å². The van der Waals surface area contributed by atoms with Crippen molar-refractivity contribution in [2.45, 2.75) is 33.1 Å². The highest BCUT2D eigenvalue weighted by molar-refractivity contribution is 5.85. The molecule has 0 saturated heterocycles. The van der Waals surface area contributed by atoms with Crippen molar-refractivity contribution in [2.24, 2.45) is 5.41 Å². The molecule has 130 valence electrons. The molecule has 3 heteroatoms. The Morgan fingerprint density at radius 1 is 1.08 bits per heavy atom. The molecule has 0 radical (unpaired) electrons. The molecule has 0 bridgehead atoms.